The minimum absolute atomic E-state index is 0.195. The van der Waals surface area contributed by atoms with Gasteiger partial charge in [0.25, 0.3) is 0 Å². The van der Waals surface area contributed by atoms with E-state index in [0.717, 1.165) is 25.4 Å². The number of ether oxygens (including phenoxy) is 1. The molecule has 1 N–H and O–H groups in total. The summed E-state index contributed by atoms with van der Waals surface area (Å²) in [6.07, 6.45) is 0. The van der Waals surface area contributed by atoms with Crippen molar-refractivity contribution in [2.75, 3.05) is 26.7 Å². The Morgan fingerprint density at radius 3 is 2.23 bits per heavy atom. The zero-order valence-corrected chi connectivity index (χ0v) is 12.9. The zero-order valence-electron chi connectivity index (χ0n) is 12.9. The van der Waals surface area contributed by atoms with E-state index in [1.165, 1.54) is 5.56 Å². The van der Waals surface area contributed by atoms with Crippen molar-refractivity contribution in [2.24, 2.45) is 0 Å². The van der Waals surface area contributed by atoms with E-state index >= 15 is 0 Å². The van der Waals surface area contributed by atoms with Crippen molar-refractivity contribution in [3.05, 3.63) is 66.2 Å². The van der Waals surface area contributed by atoms with Gasteiger partial charge in [-0.05, 0) is 17.7 Å². The van der Waals surface area contributed by atoms with Gasteiger partial charge in [0.15, 0.2) is 0 Å². The van der Waals surface area contributed by atoms with E-state index in [-0.39, 0.29) is 5.91 Å². The van der Waals surface area contributed by atoms with Crippen LogP contribution < -0.4 is 10.1 Å². The largest absolute Gasteiger partial charge is 0.497 e. The van der Waals surface area contributed by atoms with Crippen LogP contribution in [0.1, 0.15) is 5.56 Å². The number of carbonyl (C=O) groups is 1. The standard InChI is InChI=1S/C11H14N2O.C7H8O/c14-11-8-12-6-7-13(11)9-10-4-2-1-3-5-10;1-8-7-5-3-2-4-6-7/h1-5,12H,6-9H2;2-6H,1H3. The Morgan fingerprint density at radius 1 is 1.05 bits per heavy atom. The van der Waals surface area contributed by atoms with Gasteiger partial charge in [0.05, 0.1) is 13.7 Å². The third-order valence-electron chi connectivity index (χ3n) is 3.38. The number of hydrogen-bond acceptors (Lipinski definition) is 3. The molecular weight excluding hydrogens is 276 g/mol. The molecule has 1 saturated heterocycles. The van der Waals surface area contributed by atoms with Crippen LogP contribution in [0, 0.1) is 0 Å². The summed E-state index contributed by atoms with van der Waals surface area (Å²) in [6, 6.07) is 19.8. The second-order valence-corrected chi connectivity index (χ2v) is 4.99. The summed E-state index contributed by atoms with van der Waals surface area (Å²) in [5.74, 6) is 1.10. The second-order valence-electron chi connectivity index (χ2n) is 4.99. The molecule has 1 amide bonds. The molecule has 4 nitrogen and oxygen atoms in total. The SMILES string of the molecule is COc1ccccc1.O=C1CNCCN1Cc1ccccc1. The number of nitrogens with zero attached hydrogens (tertiary/aromatic N) is 1. The van der Waals surface area contributed by atoms with Crippen LogP contribution in [0.4, 0.5) is 0 Å². The number of piperazine rings is 1. The molecule has 0 unspecified atom stereocenters. The number of nitrogens with one attached hydrogen (secondary N) is 1. The number of carbonyl (C=O) groups excluding carboxylic acids is 1. The maximum Gasteiger partial charge on any atom is 0.236 e. The van der Waals surface area contributed by atoms with Gasteiger partial charge in [-0.1, -0.05) is 48.5 Å². The minimum atomic E-state index is 0.195. The van der Waals surface area contributed by atoms with Crippen LogP contribution in [0.15, 0.2) is 60.7 Å². The molecule has 2 aromatic carbocycles. The number of amides is 1. The van der Waals surface area contributed by atoms with Gasteiger partial charge >= 0.3 is 0 Å². The van der Waals surface area contributed by atoms with E-state index in [1.54, 1.807) is 7.11 Å². The lowest BCUT2D eigenvalue weighted by atomic mass is 10.2. The number of hydrogen-bond donors (Lipinski definition) is 1. The van der Waals surface area contributed by atoms with Gasteiger partial charge in [-0.15, -0.1) is 0 Å². The van der Waals surface area contributed by atoms with Crippen molar-refractivity contribution < 1.29 is 9.53 Å². The van der Waals surface area contributed by atoms with Crippen LogP contribution in [0.2, 0.25) is 0 Å². The van der Waals surface area contributed by atoms with Crippen molar-refractivity contribution >= 4 is 5.91 Å². The van der Waals surface area contributed by atoms with Crippen LogP contribution in [-0.4, -0.2) is 37.6 Å². The first kappa shape index (κ1) is 16.0. The molecule has 0 aliphatic carbocycles. The molecule has 2 aromatic rings. The van der Waals surface area contributed by atoms with Crippen molar-refractivity contribution in [3.63, 3.8) is 0 Å². The Labute approximate surface area is 131 Å². The second kappa shape index (κ2) is 8.85. The van der Waals surface area contributed by atoms with Crippen molar-refractivity contribution in [3.8, 4) is 5.75 Å². The van der Waals surface area contributed by atoms with Crippen LogP contribution >= 0.6 is 0 Å². The third kappa shape index (κ3) is 5.22. The van der Waals surface area contributed by atoms with Crippen molar-refractivity contribution in [1.29, 1.82) is 0 Å². The van der Waals surface area contributed by atoms with Crippen LogP contribution in [0.5, 0.6) is 5.75 Å². The lowest BCUT2D eigenvalue weighted by Gasteiger charge is -2.27. The molecule has 0 aromatic heterocycles. The smallest absolute Gasteiger partial charge is 0.236 e. The molecular formula is C18H22N2O2. The summed E-state index contributed by atoms with van der Waals surface area (Å²) in [4.78, 5) is 13.4. The highest BCUT2D eigenvalue weighted by Gasteiger charge is 2.16. The lowest BCUT2D eigenvalue weighted by Crippen LogP contribution is -2.47. The maximum atomic E-state index is 11.5. The van der Waals surface area contributed by atoms with Crippen molar-refractivity contribution in [2.45, 2.75) is 6.54 Å². The molecule has 0 bridgehead atoms. The molecule has 1 heterocycles. The Bertz CT molecular complexity index is 558. The highest BCUT2D eigenvalue weighted by Crippen LogP contribution is 2.06. The molecule has 0 radical (unpaired) electrons. The van der Waals surface area contributed by atoms with E-state index in [9.17, 15) is 4.79 Å². The highest BCUT2D eigenvalue weighted by atomic mass is 16.5. The van der Waals surface area contributed by atoms with Gasteiger partial charge < -0.3 is 15.0 Å². The molecule has 0 saturated carbocycles. The average Bonchev–Trinajstić information content (AvgIpc) is 2.59. The fourth-order valence-electron chi connectivity index (χ4n) is 2.17. The van der Waals surface area contributed by atoms with Crippen molar-refractivity contribution in [1.82, 2.24) is 10.2 Å². The molecule has 1 aliphatic heterocycles. The number of rotatable bonds is 3. The molecule has 1 fully saturated rings. The zero-order chi connectivity index (χ0) is 15.6. The highest BCUT2D eigenvalue weighted by molar-refractivity contribution is 5.78. The molecule has 3 rings (SSSR count). The normalized spacial score (nSPS) is 14.0. The monoisotopic (exact) mass is 298 g/mol. The maximum absolute atomic E-state index is 11.5. The Kier molecular flexibility index (Phi) is 6.45. The van der Waals surface area contributed by atoms with E-state index < -0.39 is 0 Å². The Hall–Kier alpha value is -2.33. The first-order valence-corrected chi connectivity index (χ1v) is 7.41. The van der Waals surface area contributed by atoms with Gasteiger partial charge in [-0.2, -0.15) is 0 Å². The summed E-state index contributed by atoms with van der Waals surface area (Å²) in [5, 5.41) is 3.06. The van der Waals surface area contributed by atoms with Crippen LogP contribution in [0.25, 0.3) is 0 Å². The third-order valence-corrected chi connectivity index (χ3v) is 3.38. The molecule has 116 valence electrons. The predicted octanol–water partition coefficient (Wildman–Crippen LogP) is 2.31. The van der Waals surface area contributed by atoms with Gasteiger partial charge in [0.2, 0.25) is 5.91 Å². The number of para-hydroxylation sites is 1. The van der Waals surface area contributed by atoms with E-state index in [1.807, 2.05) is 53.4 Å². The fourth-order valence-corrected chi connectivity index (χ4v) is 2.17. The summed E-state index contributed by atoms with van der Waals surface area (Å²) in [5.41, 5.74) is 1.20. The van der Waals surface area contributed by atoms with E-state index in [2.05, 4.69) is 17.4 Å². The topological polar surface area (TPSA) is 41.6 Å². The molecule has 0 spiro atoms. The van der Waals surface area contributed by atoms with E-state index in [4.69, 9.17) is 4.74 Å². The number of methoxy groups -OCH3 is 1. The van der Waals surface area contributed by atoms with Gasteiger partial charge in [0, 0.05) is 19.6 Å². The predicted molar refractivity (Wildman–Crippen MR) is 87.7 cm³/mol. The molecule has 0 atom stereocenters. The van der Waals surface area contributed by atoms with Gasteiger partial charge in [-0.25, -0.2) is 0 Å². The minimum Gasteiger partial charge on any atom is -0.497 e. The summed E-state index contributed by atoms with van der Waals surface area (Å²) >= 11 is 0. The molecule has 1 aliphatic rings. The van der Waals surface area contributed by atoms with Gasteiger partial charge in [-0.3, -0.25) is 4.79 Å². The first-order chi connectivity index (χ1) is 10.8. The molecule has 4 heteroatoms. The average molecular weight is 298 g/mol. The fraction of sp³-hybridized carbons (Fsp3) is 0.278. The number of benzene rings is 2. The molecule has 22 heavy (non-hydrogen) atoms. The summed E-state index contributed by atoms with van der Waals surface area (Å²) in [6.45, 7) is 2.93. The lowest BCUT2D eigenvalue weighted by molar-refractivity contribution is -0.132. The summed E-state index contributed by atoms with van der Waals surface area (Å²) in [7, 11) is 1.66. The summed E-state index contributed by atoms with van der Waals surface area (Å²) < 4.78 is 4.91. The van der Waals surface area contributed by atoms with Gasteiger partial charge in [0.1, 0.15) is 5.75 Å². The Balaban J connectivity index is 0.000000188. The quantitative estimate of drug-likeness (QED) is 0.945. The van der Waals surface area contributed by atoms with E-state index in [0.29, 0.717) is 6.54 Å². The first-order valence-electron chi connectivity index (χ1n) is 7.41. The van der Waals surface area contributed by atoms with Crippen LogP contribution in [-0.2, 0) is 11.3 Å². The Morgan fingerprint density at radius 2 is 1.68 bits per heavy atom. The van der Waals surface area contributed by atoms with Crippen LogP contribution in [0.3, 0.4) is 0 Å².